The van der Waals surface area contributed by atoms with Crippen LogP contribution < -0.4 is 9.62 Å². The van der Waals surface area contributed by atoms with Crippen molar-refractivity contribution in [3.8, 4) is 0 Å². The maximum absolute atomic E-state index is 13.3. The molecule has 0 aliphatic heterocycles. The first-order chi connectivity index (χ1) is 14.7. The summed E-state index contributed by atoms with van der Waals surface area (Å²) in [6, 6.07) is 18.6. The van der Waals surface area contributed by atoms with E-state index in [0.717, 1.165) is 33.1 Å². The molecule has 1 amide bonds. The van der Waals surface area contributed by atoms with E-state index in [1.807, 2.05) is 39.0 Å². The van der Waals surface area contributed by atoms with E-state index in [1.165, 1.54) is 12.1 Å². The molecule has 0 radical (unpaired) electrons. The average Bonchev–Trinajstić information content (AvgIpc) is 2.74. The number of anilines is 1. The van der Waals surface area contributed by atoms with Crippen LogP contribution in [0.1, 0.15) is 29.7 Å². The van der Waals surface area contributed by atoms with Crippen molar-refractivity contribution >= 4 is 21.6 Å². The number of nitrogens with one attached hydrogen (secondary N) is 1. The molecule has 0 spiro atoms. The van der Waals surface area contributed by atoms with E-state index in [4.69, 9.17) is 0 Å². The number of benzene rings is 3. The Morgan fingerprint density at radius 1 is 1.00 bits per heavy atom. The summed E-state index contributed by atoms with van der Waals surface area (Å²) in [4.78, 5) is 12.8. The summed E-state index contributed by atoms with van der Waals surface area (Å²) in [5.41, 5.74) is 3.44. The molecular weight excluding hydrogens is 415 g/mol. The minimum atomic E-state index is -4.08. The molecule has 3 aromatic rings. The fourth-order valence-corrected chi connectivity index (χ4v) is 4.79. The predicted molar refractivity (Wildman–Crippen MR) is 120 cm³/mol. The highest BCUT2D eigenvalue weighted by atomic mass is 32.2. The lowest BCUT2D eigenvalue weighted by molar-refractivity contribution is -0.120. The van der Waals surface area contributed by atoms with E-state index in [9.17, 15) is 17.6 Å². The fourth-order valence-electron chi connectivity index (χ4n) is 3.36. The number of sulfonamides is 1. The van der Waals surface area contributed by atoms with Gasteiger partial charge in [0.2, 0.25) is 5.91 Å². The van der Waals surface area contributed by atoms with Gasteiger partial charge in [0, 0.05) is 0 Å². The van der Waals surface area contributed by atoms with E-state index in [1.54, 1.807) is 30.3 Å². The van der Waals surface area contributed by atoms with Gasteiger partial charge in [0.15, 0.2) is 0 Å². The Bertz CT molecular complexity index is 1160. The smallest absolute Gasteiger partial charge is 0.264 e. The quantitative estimate of drug-likeness (QED) is 0.588. The fraction of sp³-hybridized carbons (Fsp3) is 0.208. The van der Waals surface area contributed by atoms with Crippen LogP contribution in [0.15, 0.2) is 77.7 Å². The van der Waals surface area contributed by atoms with Crippen LogP contribution in [0.2, 0.25) is 0 Å². The zero-order chi connectivity index (χ0) is 22.6. The Morgan fingerprint density at radius 3 is 2.29 bits per heavy atom. The van der Waals surface area contributed by atoms with Gasteiger partial charge >= 0.3 is 0 Å². The molecule has 1 atom stereocenters. The molecular formula is C24H25FN2O3S. The topological polar surface area (TPSA) is 66.5 Å². The first-order valence-electron chi connectivity index (χ1n) is 9.88. The molecule has 5 nitrogen and oxygen atoms in total. The lowest BCUT2D eigenvalue weighted by Gasteiger charge is -2.25. The number of nitrogens with zero attached hydrogens (tertiary/aromatic N) is 1. The lowest BCUT2D eigenvalue weighted by Crippen LogP contribution is -2.41. The van der Waals surface area contributed by atoms with Gasteiger partial charge in [-0.25, -0.2) is 12.8 Å². The van der Waals surface area contributed by atoms with Crippen molar-refractivity contribution in [2.45, 2.75) is 31.7 Å². The SMILES string of the molecule is Cc1ccc(C)c([C@@H](C)NC(=O)CN(c2ccccc2)S(=O)(=O)c2ccc(F)cc2)c1. The van der Waals surface area contributed by atoms with E-state index in [0.29, 0.717) is 5.69 Å². The van der Waals surface area contributed by atoms with Crippen molar-refractivity contribution in [2.75, 3.05) is 10.8 Å². The Hall–Kier alpha value is -3.19. The summed E-state index contributed by atoms with van der Waals surface area (Å²) in [5.74, 6) is -0.978. The van der Waals surface area contributed by atoms with E-state index in [2.05, 4.69) is 5.32 Å². The number of hydrogen-bond donors (Lipinski definition) is 1. The van der Waals surface area contributed by atoms with Crippen molar-refractivity contribution in [1.82, 2.24) is 5.32 Å². The molecule has 0 aromatic heterocycles. The third-order valence-electron chi connectivity index (χ3n) is 5.01. The standard InChI is InChI=1S/C24H25FN2O3S/c1-17-9-10-18(2)23(15-17)19(3)26-24(28)16-27(21-7-5-4-6-8-21)31(29,30)22-13-11-20(25)12-14-22/h4-15,19H,16H2,1-3H3,(H,26,28)/t19-/m1/s1. The molecule has 0 unspecified atom stereocenters. The molecule has 3 aromatic carbocycles. The number of amides is 1. The number of carbonyl (C=O) groups is 1. The molecule has 0 fully saturated rings. The number of hydrogen-bond acceptors (Lipinski definition) is 3. The number of carbonyl (C=O) groups excluding carboxylic acids is 1. The number of halogens is 1. The van der Waals surface area contributed by atoms with Crippen LogP contribution in [0.5, 0.6) is 0 Å². The summed E-state index contributed by atoms with van der Waals surface area (Å²) in [6.07, 6.45) is 0. The second-order valence-electron chi connectivity index (χ2n) is 7.45. The van der Waals surface area contributed by atoms with Gasteiger partial charge in [-0.05, 0) is 68.3 Å². The molecule has 0 heterocycles. The van der Waals surface area contributed by atoms with Crippen LogP contribution >= 0.6 is 0 Å². The first kappa shape index (κ1) is 22.5. The highest BCUT2D eigenvalue weighted by molar-refractivity contribution is 7.92. The summed E-state index contributed by atoms with van der Waals surface area (Å²) in [6.45, 7) is 5.40. The minimum Gasteiger partial charge on any atom is -0.348 e. The summed E-state index contributed by atoms with van der Waals surface area (Å²) >= 11 is 0. The van der Waals surface area contributed by atoms with Crippen molar-refractivity contribution in [1.29, 1.82) is 0 Å². The van der Waals surface area contributed by atoms with Crippen LogP contribution in [-0.2, 0) is 14.8 Å². The molecule has 0 bridgehead atoms. The van der Waals surface area contributed by atoms with Gasteiger partial charge in [0.1, 0.15) is 12.4 Å². The van der Waals surface area contributed by atoms with Gasteiger partial charge in [-0.15, -0.1) is 0 Å². The van der Waals surface area contributed by atoms with Crippen LogP contribution in [0.3, 0.4) is 0 Å². The van der Waals surface area contributed by atoms with Crippen LogP contribution in [0, 0.1) is 19.7 Å². The summed E-state index contributed by atoms with van der Waals surface area (Å²) in [7, 11) is -4.08. The maximum atomic E-state index is 13.3. The minimum absolute atomic E-state index is 0.0897. The molecule has 0 saturated heterocycles. The van der Waals surface area contributed by atoms with Gasteiger partial charge in [0.05, 0.1) is 16.6 Å². The second-order valence-corrected chi connectivity index (χ2v) is 9.31. The van der Waals surface area contributed by atoms with Gasteiger partial charge in [0.25, 0.3) is 10.0 Å². The van der Waals surface area contributed by atoms with Crippen molar-refractivity contribution in [3.05, 3.63) is 95.3 Å². The Labute approximate surface area is 182 Å². The number of para-hydroxylation sites is 1. The molecule has 1 N–H and O–H groups in total. The van der Waals surface area contributed by atoms with Gasteiger partial charge in [-0.2, -0.15) is 0 Å². The van der Waals surface area contributed by atoms with Crippen LogP contribution in [0.4, 0.5) is 10.1 Å². The molecule has 162 valence electrons. The third kappa shape index (κ3) is 5.30. The molecule has 3 rings (SSSR count). The highest BCUT2D eigenvalue weighted by Crippen LogP contribution is 2.24. The first-order valence-corrected chi connectivity index (χ1v) is 11.3. The monoisotopic (exact) mass is 440 g/mol. The normalized spacial score (nSPS) is 12.3. The molecule has 31 heavy (non-hydrogen) atoms. The molecule has 7 heteroatoms. The lowest BCUT2D eigenvalue weighted by atomic mass is 10.00. The van der Waals surface area contributed by atoms with Crippen molar-refractivity contribution in [3.63, 3.8) is 0 Å². The van der Waals surface area contributed by atoms with Crippen molar-refractivity contribution in [2.24, 2.45) is 0 Å². The predicted octanol–water partition coefficient (Wildman–Crippen LogP) is 4.52. The third-order valence-corrected chi connectivity index (χ3v) is 6.80. The zero-order valence-electron chi connectivity index (χ0n) is 17.7. The number of rotatable bonds is 7. The van der Waals surface area contributed by atoms with E-state index >= 15 is 0 Å². The van der Waals surface area contributed by atoms with Gasteiger partial charge in [-0.3, -0.25) is 9.10 Å². The molecule has 0 saturated carbocycles. The Morgan fingerprint density at radius 2 is 1.65 bits per heavy atom. The molecule has 0 aliphatic carbocycles. The van der Waals surface area contributed by atoms with E-state index < -0.39 is 28.3 Å². The summed E-state index contributed by atoms with van der Waals surface area (Å²) < 4.78 is 40.9. The molecule has 0 aliphatic rings. The average molecular weight is 441 g/mol. The number of aryl methyl sites for hydroxylation is 2. The van der Waals surface area contributed by atoms with Crippen LogP contribution in [0.25, 0.3) is 0 Å². The Kier molecular flexibility index (Phi) is 6.75. The van der Waals surface area contributed by atoms with Gasteiger partial charge in [-0.1, -0.05) is 42.0 Å². The maximum Gasteiger partial charge on any atom is 0.264 e. The van der Waals surface area contributed by atoms with Gasteiger partial charge < -0.3 is 5.32 Å². The summed E-state index contributed by atoms with van der Waals surface area (Å²) in [5, 5.41) is 2.89. The van der Waals surface area contributed by atoms with E-state index in [-0.39, 0.29) is 10.9 Å². The van der Waals surface area contributed by atoms with Crippen LogP contribution in [-0.4, -0.2) is 20.9 Å². The second kappa shape index (κ2) is 9.31. The largest absolute Gasteiger partial charge is 0.348 e. The van der Waals surface area contributed by atoms with Crippen molar-refractivity contribution < 1.29 is 17.6 Å². The highest BCUT2D eigenvalue weighted by Gasteiger charge is 2.27. The zero-order valence-corrected chi connectivity index (χ0v) is 18.5. The Balaban J connectivity index is 1.88.